The fraction of sp³-hybridized carbons (Fsp3) is 0.0556. The number of thioether (sulfide) groups is 1. The molecule has 0 radical (unpaired) electrons. The zero-order valence-electron chi connectivity index (χ0n) is 13.2. The van der Waals surface area contributed by atoms with E-state index in [-0.39, 0.29) is 11.5 Å². The highest BCUT2D eigenvalue weighted by molar-refractivity contribution is 8.18. The number of carboxylic acid groups (broad SMARTS) is 1. The lowest BCUT2D eigenvalue weighted by Gasteiger charge is -2.00. The molecule has 1 heterocycles. The number of methoxy groups -OCH3 is 1. The van der Waals surface area contributed by atoms with Crippen LogP contribution < -0.4 is 10.1 Å². The Hall–Kier alpha value is -3.06. The Labute approximate surface area is 148 Å². The third kappa shape index (κ3) is 4.07. The van der Waals surface area contributed by atoms with E-state index < -0.39 is 5.97 Å². The molecule has 7 heteroatoms. The van der Waals surface area contributed by atoms with E-state index in [4.69, 9.17) is 9.84 Å². The van der Waals surface area contributed by atoms with Gasteiger partial charge in [0.05, 0.1) is 23.3 Å². The summed E-state index contributed by atoms with van der Waals surface area (Å²) >= 11 is 1.20. The fourth-order valence-corrected chi connectivity index (χ4v) is 3.03. The summed E-state index contributed by atoms with van der Waals surface area (Å²) in [7, 11) is 1.58. The van der Waals surface area contributed by atoms with Gasteiger partial charge >= 0.3 is 5.97 Å². The molecule has 0 aromatic heterocycles. The molecule has 1 aliphatic rings. The van der Waals surface area contributed by atoms with Crippen LogP contribution >= 0.6 is 11.8 Å². The minimum Gasteiger partial charge on any atom is -0.497 e. The number of hydrogen-bond acceptors (Lipinski definition) is 5. The predicted octanol–water partition coefficient (Wildman–Crippen LogP) is 3.29. The van der Waals surface area contributed by atoms with Crippen molar-refractivity contribution in [3.8, 4) is 5.75 Å². The molecule has 0 aliphatic carbocycles. The zero-order valence-corrected chi connectivity index (χ0v) is 14.0. The average Bonchev–Trinajstić information content (AvgIpc) is 2.94. The van der Waals surface area contributed by atoms with Gasteiger partial charge in [-0.25, -0.2) is 9.79 Å². The number of carbonyl (C=O) groups is 2. The van der Waals surface area contributed by atoms with E-state index in [2.05, 4.69) is 10.3 Å². The molecule has 1 saturated heterocycles. The van der Waals surface area contributed by atoms with Gasteiger partial charge in [0.25, 0.3) is 5.91 Å². The minimum absolute atomic E-state index is 0.142. The largest absolute Gasteiger partial charge is 0.497 e. The van der Waals surface area contributed by atoms with Crippen LogP contribution in [-0.2, 0) is 4.79 Å². The van der Waals surface area contributed by atoms with Gasteiger partial charge in [0, 0.05) is 0 Å². The van der Waals surface area contributed by atoms with Crippen molar-refractivity contribution in [3.05, 3.63) is 64.6 Å². The van der Waals surface area contributed by atoms with Crippen molar-refractivity contribution in [2.45, 2.75) is 0 Å². The first-order valence-electron chi connectivity index (χ1n) is 7.32. The highest BCUT2D eigenvalue weighted by atomic mass is 32.2. The molecule has 0 spiro atoms. The van der Waals surface area contributed by atoms with Gasteiger partial charge in [-0.2, -0.15) is 0 Å². The van der Waals surface area contributed by atoms with E-state index >= 15 is 0 Å². The minimum atomic E-state index is -1.02. The lowest BCUT2D eigenvalue weighted by atomic mass is 10.2. The monoisotopic (exact) mass is 354 g/mol. The summed E-state index contributed by atoms with van der Waals surface area (Å²) in [6, 6.07) is 13.6. The molecule has 6 nitrogen and oxygen atoms in total. The van der Waals surface area contributed by atoms with E-state index in [1.807, 2.05) is 24.3 Å². The second-order valence-corrected chi connectivity index (χ2v) is 6.14. The number of ether oxygens (including phenoxy) is 1. The summed E-state index contributed by atoms with van der Waals surface area (Å²) in [5.41, 5.74) is 1.44. The molecule has 3 rings (SSSR count). The summed E-state index contributed by atoms with van der Waals surface area (Å²) in [5.74, 6) is -0.568. The normalized spacial score (nSPS) is 16.9. The van der Waals surface area contributed by atoms with Crippen molar-refractivity contribution < 1.29 is 19.4 Å². The molecule has 25 heavy (non-hydrogen) atoms. The third-order valence-corrected chi connectivity index (χ3v) is 4.28. The first-order chi connectivity index (χ1) is 12.0. The second-order valence-electron chi connectivity index (χ2n) is 5.11. The quantitative estimate of drug-likeness (QED) is 0.823. The number of rotatable bonds is 4. The van der Waals surface area contributed by atoms with Gasteiger partial charge in [-0.3, -0.25) is 4.79 Å². The van der Waals surface area contributed by atoms with E-state index in [0.717, 1.165) is 5.56 Å². The number of nitrogens with zero attached hydrogens (tertiary/aromatic N) is 1. The number of aromatic carboxylic acids is 1. The zero-order chi connectivity index (χ0) is 17.8. The molecular formula is C18H14N2O4S. The fourth-order valence-electron chi connectivity index (χ4n) is 2.19. The maximum Gasteiger partial charge on any atom is 0.335 e. The molecule has 0 saturated carbocycles. The van der Waals surface area contributed by atoms with Gasteiger partial charge in [-0.15, -0.1) is 0 Å². The number of benzene rings is 2. The summed E-state index contributed by atoms with van der Waals surface area (Å²) in [4.78, 5) is 27.9. The maximum absolute atomic E-state index is 12.1. The summed E-state index contributed by atoms with van der Waals surface area (Å²) < 4.78 is 5.17. The molecule has 1 amide bonds. The van der Waals surface area contributed by atoms with Crippen molar-refractivity contribution in [2.24, 2.45) is 4.99 Å². The number of carboxylic acids is 1. The Morgan fingerprint density at radius 1 is 1.24 bits per heavy atom. The van der Waals surface area contributed by atoms with E-state index in [1.54, 1.807) is 25.3 Å². The van der Waals surface area contributed by atoms with Gasteiger partial charge in [-0.1, -0.05) is 18.2 Å². The van der Waals surface area contributed by atoms with Gasteiger partial charge in [0.1, 0.15) is 5.75 Å². The van der Waals surface area contributed by atoms with Crippen molar-refractivity contribution in [3.63, 3.8) is 0 Å². The number of carbonyl (C=O) groups excluding carboxylic acids is 1. The topological polar surface area (TPSA) is 88.0 Å². The van der Waals surface area contributed by atoms with E-state index in [9.17, 15) is 9.59 Å². The van der Waals surface area contributed by atoms with Gasteiger partial charge in [0.15, 0.2) is 5.17 Å². The molecule has 0 bridgehead atoms. The highest BCUT2D eigenvalue weighted by Gasteiger charge is 2.23. The van der Waals surface area contributed by atoms with Crippen LogP contribution in [0.2, 0.25) is 0 Å². The molecule has 0 atom stereocenters. The van der Waals surface area contributed by atoms with Crippen LogP contribution in [0.25, 0.3) is 6.08 Å². The van der Waals surface area contributed by atoms with Crippen molar-refractivity contribution in [1.82, 2.24) is 5.32 Å². The number of aliphatic imine (C=N–C) groups is 1. The van der Waals surface area contributed by atoms with Crippen LogP contribution in [0.3, 0.4) is 0 Å². The van der Waals surface area contributed by atoms with Crippen LogP contribution in [-0.4, -0.2) is 29.3 Å². The summed E-state index contributed by atoms with van der Waals surface area (Å²) in [6.07, 6.45) is 1.75. The van der Waals surface area contributed by atoms with Crippen LogP contribution in [0.15, 0.2) is 58.4 Å². The van der Waals surface area contributed by atoms with Crippen LogP contribution in [0.5, 0.6) is 5.75 Å². The maximum atomic E-state index is 12.1. The Bertz CT molecular complexity index is 905. The molecular weight excluding hydrogens is 340 g/mol. The number of nitrogens with one attached hydrogen (secondary N) is 1. The van der Waals surface area contributed by atoms with Gasteiger partial charge < -0.3 is 15.2 Å². The van der Waals surface area contributed by atoms with Gasteiger partial charge in [-0.05, 0) is 53.7 Å². The third-order valence-electron chi connectivity index (χ3n) is 3.37. The van der Waals surface area contributed by atoms with E-state index in [0.29, 0.717) is 21.5 Å². The Morgan fingerprint density at radius 2 is 2.04 bits per heavy atom. The standard InChI is InChI=1S/C18H14N2O4S/c1-24-14-7-2-4-11(8-14)9-15-16(21)20-18(25-15)19-13-6-3-5-12(10-13)17(22)23/h2-10H,1H3,(H,22,23)(H,19,20,21)/b15-9-. The number of hydrogen-bond donors (Lipinski definition) is 2. The Morgan fingerprint density at radius 3 is 2.80 bits per heavy atom. The molecule has 1 aliphatic heterocycles. The first kappa shape index (κ1) is 16.8. The second kappa shape index (κ2) is 7.23. The molecule has 1 fully saturated rings. The molecule has 2 N–H and O–H groups in total. The number of amidine groups is 1. The van der Waals surface area contributed by atoms with Crippen LogP contribution in [0, 0.1) is 0 Å². The van der Waals surface area contributed by atoms with Crippen LogP contribution in [0.4, 0.5) is 5.69 Å². The Kier molecular flexibility index (Phi) is 4.85. The van der Waals surface area contributed by atoms with E-state index in [1.165, 1.54) is 23.9 Å². The number of amides is 1. The van der Waals surface area contributed by atoms with Gasteiger partial charge in [0.2, 0.25) is 0 Å². The Balaban J connectivity index is 1.83. The highest BCUT2D eigenvalue weighted by Crippen LogP contribution is 2.29. The average molecular weight is 354 g/mol. The molecule has 126 valence electrons. The first-order valence-corrected chi connectivity index (χ1v) is 8.14. The summed E-state index contributed by atoms with van der Waals surface area (Å²) in [6.45, 7) is 0. The smallest absolute Gasteiger partial charge is 0.335 e. The molecule has 0 unspecified atom stereocenters. The van der Waals surface area contributed by atoms with Crippen molar-refractivity contribution >= 4 is 40.6 Å². The summed E-state index contributed by atoms with van der Waals surface area (Å²) in [5, 5.41) is 12.1. The predicted molar refractivity (Wildman–Crippen MR) is 97.2 cm³/mol. The lowest BCUT2D eigenvalue weighted by molar-refractivity contribution is -0.115. The molecule has 2 aromatic rings. The van der Waals surface area contributed by atoms with Crippen LogP contribution in [0.1, 0.15) is 15.9 Å². The van der Waals surface area contributed by atoms with Crippen molar-refractivity contribution in [1.29, 1.82) is 0 Å². The molecule has 2 aromatic carbocycles. The van der Waals surface area contributed by atoms with Crippen molar-refractivity contribution in [2.75, 3.05) is 7.11 Å². The lowest BCUT2D eigenvalue weighted by Crippen LogP contribution is -2.19. The SMILES string of the molecule is COc1cccc(/C=C2\SC(=Nc3cccc(C(=O)O)c3)NC2=O)c1.